The van der Waals surface area contributed by atoms with Crippen molar-refractivity contribution in [2.75, 3.05) is 37.8 Å². The molecule has 2 aliphatic heterocycles. The van der Waals surface area contributed by atoms with E-state index in [1.54, 1.807) is 19.4 Å². The Bertz CT molecular complexity index is 1310. The van der Waals surface area contributed by atoms with Gasteiger partial charge in [0, 0.05) is 37.5 Å². The number of carbonyl (C=O) groups excluding carboxylic acids is 2. The van der Waals surface area contributed by atoms with Gasteiger partial charge in [0.1, 0.15) is 11.3 Å². The van der Waals surface area contributed by atoms with Crippen LogP contribution in [0.3, 0.4) is 0 Å². The molecule has 5 heterocycles. The van der Waals surface area contributed by atoms with Crippen molar-refractivity contribution >= 4 is 70.8 Å². The van der Waals surface area contributed by atoms with Gasteiger partial charge in [-0.25, -0.2) is 9.97 Å². The van der Waals surface area contributed by atoms with Gasteiger partial charge in [-0.15, -0.1) is 36.6 Å². The first-order valence-corrected chi connectivity index (χ1v) is 12.0. The molecule has 2 amide bonds. The van der Waals surface area contributed by atoms with E-state index < -0.39 is 0 Å². The molecule has 190 valence electrons. The molecule has 0 fully saturated rings. The van der Waals surface area contributed by atoms with Crippen molar-refractivity contribution in [1.29, 1.82) is 0 Å². The third-order valence-corrected chi connectivity index (χ3v) is 6.84. The summed E-state index contributed by atoms with van der Waals surface area (Å²) in [5, 5.41) is 5.96. The molecule has 0 saturated heterocycles. The second-order valence-corrected chi connectivity index (χ2v) is 9.01. The maximum atomic E-state index is 12.7. The molecule has 0 unspecified atom stereocenters. The zero-order valence-corrected chi connectivity index (χ0v) is 22.0. The van der Waals surface area contributed by atoms with Crippen LogP contribution in [0.15, 0.2) is 47.5 Å². The minimum atomic E-state index is -0.0440. The lowest BCUT2D eigenvalue weighted by Crippen LogP contribution is -2.40. The van der Waals surface area contributed by atoms with E-state index in [0.717, 1.165) is 39.2 Å². The Morgan fingerprint density at radius 3 is 2.83 bits per heavy atom. The first-order chi connectivity index (χ1) is 16.6. The van der Waals surface area contributed by atoms with E-state index in [1.807, 2.05) is 29.2 Å². The van der Waals surface area contributed by atoms with Crippen LogP contribution in [-0.4, -0.2) is 64.2 Å². The second-order valence-electron chi connectivity index (χ2n) is 7.99. The number of nitrogens with zero attached hydrogens (tertiary/aromatic N) is 4. The predicted molar refractivity (Wildman–Crippen MR) is 145 cm³/mol. The SMILES string of the molecule is COc1ccc2nccc(C3=CCN(C(=O)CNCc4ccc5c(n4)NC(=O)CS5)CC3)c2n1.Cl.Cl. The molecule has 0 atom stereocenters. The highest BCUT2D eigenvalue weighted by atomic mass is 35.5. The van der Waals surface area contributed by atoms with Gasteiger partial charge < -0.3 is 20.3 Å². The van der Waals surface area contributed by atoms with Gasteiger partial charge in [0.25, 0.3) is 0 Å². The van der Waals surface area contributed by atoms with Crippen molar-refractivity contribution in [3.8, 4) is 5.88 Å². The monoisotopic (exact) mass is 548 g/mol. The van der Waals surface area contributed by atoms with Crippen LogP contribution in [0.1, 0.15) is 17.7 Å². The topological polar surface area (TPSA) is 109 Å². The average molecular weight is 549 g/mol. The number of nitrogens with one attached hydrogen (secondary N) is 2. The summed E-state index contributed by atoms with van der Waals surface area (Å²) >= 11 is 1.48. The number of ether oxygens (including phenoxy) is 1. The van der Waals surface area contributed by atoms with Crippen LogP contribution in [0, 0.1) is 0 Å². The molecule has 9 nitrogen and oxygen atoms in total. The fourth-order valence-corrected chi connectivity index (χ4v) is 4.79. The first kappa shape index (κ1) is 27.7. The van der Waals surface area contributed by atoms with Crippen LogP contribution in [0.2, 0.25) is 0 Å². The smallest absolute Gasteiger partial charge is 0.236 e. The Morgan fingerprint density at radius 1 is 1.19 bits per heavy atom. The lowest BCUT2D eigenvalue weighted by molar-refractivity contribution is -0.129. The van der Waals surface area contributed by atoms with E-state index in [4.69, 9.17) is 4.74 Å². The van der Waals surface area contributed by atoms with Crippen molar-refractivity contribution < 1.29 is 14.3 Å². The number of thioether (sulfide) groups is 1. The number of methoxy groups -OCH3 is 1. The van der Waals surface area contributed by atoms with E-state index in [9.17, 15) is 9.59 Å². The highest BCUT2D eigenvalue weighted by molar-refractivity contribution is 8.00. The molecule has 2 N–H and O–H groups in total. The van der Waals surface area contributed by atoms with Crippen molar-refractivity contribution in [2.24, 2.45) is 0 Å². The summed E-state index contributed by atoms with van der Waals surface area (Å²) in [5.41, 5.74) is 4.58. The van der Waals surface area contributed by atoms with Crippen molar-refractivity contribution in [3.05, 3.63) is 53.9 Å². The number of fused-ring (bicyclic) bond motifs is 2. The zero-order chi connectivity index (χ0) is 23.5. The van der Waals surface area contributed by atoms with Gasteiger partial charge >= 0.3 is 0 Å². The minimum absolute atomic E-state index is 0. The Balaban J connectivity index is 0.00000180. The molecule has 2 aliphatic rings. The second kappa shape index (κ2) is 12.4. The minimum Gasteiger partial charge on any atom is -0.481 e. The number of rotatable bonds is 6. The molecule has 5 rings (SSSR count). The van der Waals surface area contributed by atoms with E-state index in [0.29, 0.717) is 37.1 Å². The number of hydrogen-bond acceptors (Lipinski definition) is 8. The highest BCUT2D eigenvalue weighted by Gasteiger charge is 2.20. The van der Waals surface area contributed by atoms with Crippen molar-refractivity contribution in [3.63, 3.8) is 0 Å². The Labute approximate surface area is 225 Å². The molecular weight excluding hydrogens is 523 g/mol. The first-order valence-electron chi connectivity index (χ1n) is 11.0. The largest absolute Gasteiger partial charge is 0.481 e. The summed E-state index contributed by atoms with van der Waals surface area (Å²) in [7, 11) is 1.60. The van der Waals surface area contributed by atoms with Crippen LogP contribution in [-0.2, 0) is 16.1 Å². The zero-order valence-electron chi connectivity index (χ0n) is 19.5. The normalized spacial score (nSPS) is 14.6. The van der Waals surface area contributed by atoms with Crippen LogP contribution >= 0.6 is 36.6 Å². The molecule has 0 spiro atoms. The number of anilines is 1. The number of aromatic nitrogens is 3. The van der Waals surface area contributed by atoms with Gasteiger partial charge in [-0.05, 0) is 36.3 Å². The molecule has 0 aromatic carbocycles. The van der Waals surface area contributed by atoms with E-state index in [-0.39, 0.29) is 43.2 Å². The molecule has 3 aromatic heterocycles. The fourth-order valence-electron chi connectivity index (χ4n) is 4.03. The third kappa shape index (κ3) is 6.07. The van der Waals surface area contributed by atoms with E-state index in [1.165, 1.54) is 11.8 Å². The number of hydrogen-bond donors (Lipinski definition) is 2. The maximum Gasteiger partial charge on any atom is 0.236 e. The quantitative estimate of drug-likeness (QED) is 0.482. The number of carbonyl (C=O) groups is 2. The summed E-state index contributed by atoms with van der Waals surface area (Å²) in [4.78, 5) is 40.5. The summed E-state index contributed by atoms with van der Waals surface area (Å²) in [6.07, 6.45) is 4.61. The van der Waals surface area contributed by atoms with E-state index in [2.05, 4.69) is 31.7 Å². The molecular formula is C24H26Cl2N6O3S. The van der Waals surface area contributed by atoms with Gasteiger partial charge in [0.05, 0.1) is 35.5 Å². The Hall–Kier alpha value is -2.92. The molecule has 36 heavy (non-hydrogen) atoms. The van der Waals surface area contributed by atoms with Gasteiger partial charge in [-0.3, -0.25) is 14.6 Å². The summed E-state index contributed by atoms with van der Waals surface area (Å²) in [5.74, 6) is 1.55. The fraction of sp³-hybridized carbons (Fsp3) is 0.292. The molecule has 0 saturated carbocycles. The average Bonchev–Trinajstić information content (AvgIpc) is 2.87. The maximum absolute atomic E-state index is 12.7. The predicted octanol–water partition coefficient (Wildman–Crippen LogP) is 3.33. The van der Waals surface area contributed by atoms with Crippen molar-refractivity contribution in [1.82, 2.24) is 25.2 Å². The summed E-state index contributed by atoms with van der Waals surface area (Å²) < 4.78 is 5.27. The molecule has 0 bridgehead atoms. The molecule has 0 aliphatic carbocycles. The molecule has 3 aromatic rings. The standard InChI is InChI=1S/C24H24N6O3S.2ClH/c1-33-21-5-3-18-23(29-21)17(6-9-26-18)15-7-10-30(11-8-15)22(32)13-25-12-16-2-4-19-24(27-16)28-20(31)14-34-19;;/h2-7,9,25H,8,10-14H2,1H3,(H,27,28,31);2*1H. The lowest BCUT2D eigenvalue weighted by atomic mass is 9.98. The Kier molecular flexibility index (Phi) is 9.49. The number of pyridine rings is 3. The number of halogens is 2. The summed E-state index contributed by atoms with van der Waals surface area (Å²) in [6.45, 7) is 1.86. The molecule has 12 heteroatoms. The Morgan fingerprint density at radius 2 is 2.06 bits per heavy atom. The summed E-state index contributed by atoms with van der Waals surface area (Å²) in [6, 6.07) is 9.54. The molecule has 0 radical (unpaired) electrons. The van der Waals surface area contributed by atoms with E-state index >= 15 is 0 Å². The highest BCUT2D eigenvalue weighted by Crippen LogP contribution is 2.30. The van der Waals surface area contributed by atoms with Crippen LogP contribution in [0.25, 0.3) is 16.6 Å². The van der Waals surface area contributed by atoms with Gasteiger partial charge in [-0.2, -0.15) is 0 Å². The van der Waals surface area contributed by atoms with Gasteiger partial charge in [0.15, 0.2) is 0 Å². The van der Waals surface area contributed by atoms with Gasteiger partial charge in [-0.1, -0.05) is 6.08 Å². The van der Waals surface area contributed by atoms with Crippen LogP contribution in [0.5, 0.6) is 5.88 Å². The van der Waals surface area contributed by atoms with Crippen molar-refractivity contribution in [2.45, 2.75) is 17.9 Å². The third-order valence-electron chi connectivity index (χ3n) is 5.79. The van der Waals surface area contributed by atoms with Crippen LogP contribution in [0.4, 0.5) is 5.82 Å². The number of amides is 2. The van der Waals surface area contributed by atoms with Crippen LogP contribution < -0.4 is 15.4 Å². The lowest BCUT2D eigenvalue weighted by Gasteiger charge is -2.27. The van der Waals surface area contributed by atoms with Gasteiger partial charge in [0.2, 0.25) is 17.7 Å².